The molecule has 34 heavy (non-hydrogen) atoms. The van der Waals surface area contributed by atoms with Gasteiger partial charge in [-0.2, -0.15) is 0 Å². The normalized spacial score (nSPS) is 21.5. The van der Waals surface area contributed by atoms with Gasteiger partial charge in [0.05, 0.1) is 10.6 Å². The molecule has 0 aliphatic heterocycles. The van der Waals surface area contributed by atoms with E-state index in [1.54, 1.807) is 0 Å². The quantitative estimate of drug-likeness (QED) is 0.479. The van der Waals surface area contributed by atoms with Crippen LogP contribution in [0, 0.1) is 17.6 Å². The lowest BCUT2D eigenvalue weighted by Gasteiger charge is -2.40. The minimum absolute atomic E-state index is 0.0724. The van der Waals surface area contributed by atoms with Gasteiger partial charge in [0.1, 0.15) is 16.4 Å². The second-order valence-corrected chi connectivity index (χ2v) is 13.0. The molecule has 0 radical (unpaired) electrons. The summed E-state index contributed by atoms with van der Waals surface area (Å²) in [4.78, 5) is -0.0724. The van der Waals surface area contributed by atoms with E-state index in [2.05, 4.69) is 15.5 Å². The Hall–Kier alpha value is -2.44. The van der Waals surface area contributed by atoms with Crippen LogP contribution >= 0.6 is 11.6 Å². The van der Waals surface area contributed by atoms with Crippen LogP contribution in [0.4, 0.5) is 8.78 Å². The van der Waals surface area contributed by atoms with Gasteiger partial charge in [0, 0.05) is 17.6 Å². The van der Waals surface area contributed by atoms with Crippen molar-refractivity contribution in [3.05, 3.63) is 64.7 Å². The molecule has 8 nitrogen and oxygen atoms in total. The van der Waals surface area contributed by atoms with Crippen molar-refractivity contribution in [3.63, 3.8) is 0 Å². The molecule has 13 heteroatoms. The van der Waals surface area contributed by atoms with Gasteiger partial charge >= 0.3 is 0 Å². The van der Waals surface area contributed by atoms with E-state index >= 15 is 0 Å². The summed E-state index contributed by atoms with van der Waals surface area (Å²) < 4.78 is 81.5. The standard InChI is InChI=1S/C21H21ClF2N4O4S2/c1-28-20(25-26-27-28)33(29,30)13-14-8-10-21(11-9-14,18-12-16(23)4-7-19(18)24)34(31,32)17-5-2-15(22)3-6-17/h2-7,12,14H,8-11,13H2,1H3. The van der Waals surface area contributed by atoms with Crippen LogP contribution in [0.25, 0.3) is 0 Å². The van der Waals surface area contributed by atoms with Crippen LogP contribution in [0.2, 0.25) is 5.02 Å². The first-order chi connectivity index (χ1) is 16.0. The molecule has 0 spiro atoms. The molecule has 0 saturated heterocycles. The Bertz CT molecular complexity index is 1420. The maximum absolute atomic E-state index is 14.9. The van der Waals surface area contributed by atoms with E-state index in [9.17, 15) is 25.6 Å². The number of hydrogen-bond acceptors (Lipinski definition) is 7. The lowest BCUT2D eigenvalue weighted by Crippen LogP contribution is -2.41. The Morgan fingerprint density at radius 2 is 1.71 bits per heavy atom. The van der Waals surface area contributed by atoms with Crippen LogP contribution < -0.4 is 0 Å². The van der Waals surface area contributed by atoms with Crippen LogP contribution in [-0.2, 0) is 31.5 Å². The average Bonchev–Trinajstić information content (AvgIpc) is 3.23. The molecule has 4 rings (SSSR count). The molecule has 1 aliphatic rings. The number of halogens is 3. The molecule has 182 valence electrons. The summed E-state index contributed by atoms with van der Waals surface area (Å²) in [7, 11) is -6.62. The van der Waals surface area contributed by atoms with Gasteiger partial charge in [0.15, 0.2) is 9.84 Å². The molecule has 3 aromatic rings. The predicted octanol–water partition coefficient (Wildman–Crippen LogP) is 3.48. The average molecular weight is 531 g/mol. The number of benzene rings is 2. The fourth-order valence-corrected chi connectivity index (χ4v) is 8.54. The summed E-state index contributed by atoms with van der Waals surface area (Å²) in [6.07, 6.45) is 0.145. The van der Waals surface area contributed by atoms with Crippen molar-refractivity contribution < 1.29 is 25.6 Å². The van der Waals surface area contributed by atoms with E-state index in [1.807, 2.05) is 0 Å². The van der Waals surface area contributed by atoms with Gasteiger partial charge < -0.3 is 0 Å². The number of tetrazole rings is 1. The molecule has 1 aliphatic carbocycles. The molecule has 2 aromatic carbocycles. The van der Waals surface area contributed by atoms with E-state index < -0.39 is 42.0 Å². The number of sulfone groups is 2. The van der Waals surface area contributed by atoms with Crippen molar-refractivity contribution in [1.29, 1.82) is 0 Å². The maximum atomic E-state index is 14.9. The lowest BCUT2D eigenvalue weighted by molar-refractivity contribution is 0.302. The van der Waals surface area contributed by atoms with Gasteiger partial charge in [0.2, 0.25) is 9.84 Å². The third kappa shape index (κ3) is 4.34. The summed E-state index contributed by atoms with van der Waals surface area (Å²) in [5.74, 6) is -2.30. The molecule has 0 amide bonds. The van der Waals surface area contributed by atoms with E-state index in [0.717, 1.165) is 22.9 Å². The highest BCUT2D eigenvalue weighted by atomic mass is 35.5. The van der Waals surface area contributed by atoms with E-state index in [0.29, 0.717) is 5.02 Å². The fourth-order valence-electron chi connectivity index (χ4n) is 4.55. The molecular formula is C21H21ClF2N4O4S2. The second kappa shape index (κ2) is 8.97. The zero-order valence-electron chi connectivity index (χ0n) is 18.0. The van der Waals surface area contributed by atoms with Crippen molar-refractivity contribution in [3.8, 4) is 0 Å². The summed E-state index contributed by atoms with van der Waals surface area (Å²) in [5, 5.41) is 10.5. The Labute approximate surface area is 200 Å². The van der Waals surface area contributed by atoms with Crippen LogP contribution in [0.3, 0.4) is 0 Å². The molecular weight excluding hydrogens is 510 g/mol. The predicted molar refractivity (Wildman–Crippen MR) is 119 cm³/mol. The molecule has 1 heterocycles. The van der Waals surface area contributed by atoms with Gasteiger partial charge in [-0.05, 0) is 84.5 Å². The minimum atomic E-state index is -4.20. The summed E-state index contributed by atoms with van der Waals surface area (Å²) in [6, 6.07) is 8.22. The van der Waals surface area contributed by atoms with Crippen molar-refractivity contribution >= 4 is 31.3 Å². The van der Waals surface area contributed by atoms with E-state index in [4.69, 9.17) is 11.6 Å². The van der Waals surface area contributed by atoms with Crippen molar-refractivity contribution in [1.82, 2.24) is 20.2 Å². The number of aryl methyl sites for hydroxylation is 1. The smallest absolute Gasteiger partial charge is 0.223 e. The monoisotopic (exact) mass is 530 g/mol. The van der Waals surface area contributed by atoms with Crippen LogP contribution in [0.15, 0.2) is 52.5 Å². The first-order valence-electron chi connectivity index (χ1n) is 10.4. The summed E-state index contributed by atoms with van der Waals surface area (Å²) >= 11 is 5.90. The number of hydrogen-bond donors (Lipinski definition) is 0. The number of aromatic nitrogens is 4. The van der Waals surface area contributed by atoms with E-state index in [1.165, 1.54) is 31.3 Å². The SMILES string of the molecule is Cn1nnnc1S(=O)(=O)CC1CCC(c2cc(F)ccc2F)(S(=O)(=O)c2ccc(Cl)cc2)CC1. The first-order valence-corrected chi connectivity index (χ1v) is 13.9. The van der Waals surface area contributed by atoms with Gasteiger partial charge in [-0.25, -0.2) is 30.3 Å². The Morgan fingerprint density at radius 1 is 1.06 bits per heavy atom. The fraction of sp³-hybridized carbons (Fsp3) is 0.381. The highest BCUT2D eigenvalue weighted by molar-refractivity contribution is 7.92. The molecule has 1 aromatic heterocycles. The molecule has 0 unspecified atom stereocenters. The Kier molecular flexibility index (Phi) is 6.51. The van der Waals surface area contributed by atoms with E-state index in [-0.39, 0.29) is 47.1 Å². The highest BCUT2D eigenvalue weighted by Gasteiger charge is 2.50. The zero-order chi connectivity index (χ0) is 24.7. The lowest BCUT2D eigenvalue weighted by atomic mass is 9.78. The van der Waals surface area contributed by atoms with Gasteiger partial charge in [0.25, 0.3) is 5.16 Å². The number of rotatable bonds is 6. The largest absolute Gasteiger partial charge is 0.267 e. The highest BCUT2D eigenvalue weighted by Crippen LogP contribution is 2.49. The molecule has 0 atom stereocenters. The second-order valence-electron chi connectivity index (χ2n) is 8.39. The van der Waals surface area contributed by atoms with Crippen LogP contribution in [0.5, 0.6) is 0 Å². The van der Waals surface area contributed by atoms with Gasteiger partial charge in [-0.3, -0.25) is 0 Å². The Morgan fingerprint density at radius 3 is 2.29 bits per heavy atom. The minimum Gasteiger partial charge on any atom is -0.223 e. The molecule has 1 saturated carbocycles. The maximum Gasteiger partial charge on any atom is 0.267 e. The van der Waals surface area contributed by atoms with Crippen molar-refractivity contribution in [2.45, 2.75) is 40.5 Å². The number of nitrogens with zero attached hydrogens (tertiary/aromatic N) is 4. The van der Waals surface area contributed by atoms with Crippen LogP contribution in [0.1, 0.15) is 31.2 Å². The first kappa shape index (κ1) is 24.7. The molecule has 0 N–H and O–H groups in total. The third-order valence-corrected chi connectivity index (χ3v) is 10.9. The van der Waals surface area contributed by atoms with Crippen molar-refractivity contribution in [2.24, 2.45) is 13.0 Å². The zero-order valence-corrected chi connectivity index (χ0v) is 20.4. The summed E-state index contributed by atoms with van der Waals surface area (Å²) in [6.45, 7) is 0. The van der Waals surface area contributed by atoms with Gasteiger partial charge in [-0.15, -0.1) is 0 Å². The third-order valence-electron chi connectivity index (χ3n) is 6.29. The topological polar surface area (TPSA) is 112 Å². The van der Waals surface area contributed by atoms with Gasteiger partial charge in [-0.1, -0.05) is 16.7 Å². The van der Waals surface area contributed by atoms with Crippen molar-refractivity contribution in [2.75, 3.05) is 5.75 Å². The molecule has 1 fully saturated rings. The summed E-state index contributed by atoms with van der Waals surface area (Å²) in [5.41, 5.74) is -0.263. The van der Waals surface area contributed by atoms with Crippen LogP contribution in [-0.4, -0.2) is 42.8 Å². The Balaban J connectivity index is 1.71. The molecule has 0 bridgehead atoms.